The number of carbonyl (C=O) groups is 1. The minimum Gasteiger partial charge on any atom is -0.494 e. The number of carbonyl (C=O) groups excluding carboxylic acids is 1. The molecule has 0 aromatic heterocycles. The Morgan fingerprint density at radius 1 is 1.11 bits per heavy atom. The van der Waals surface area contributed by atoms with Crippen LogP contribution in [0.4, 0.5) is 0 Å². The Morgan fingerprint density at radius 3 is 2.33 bits per heavy atom. The molecule has 1 fully saturated rings. The summed E-state index contributed by atoms with van der Waals surface area (Å²) < 4.78 is 5.75. The van der Waals surface area contributed by atoms with Gasteiger partial charge in [-0.25, -0.2) is 0 Å². The van der Waals surface area contributed by atoms with Gasteiger partial charge in [0.05, 0.1) is 6.61 Å². The first-order valence-electron chi connectivity index (χ1n) is 9.58. The fourth-order valence-electron chi connectivity index (χ4n) is 2.88. The summed E-state index contributed by atoms with van der Waals surface area (Å²) in [6.07, 6.45) is 1.98. The van der Waals surface area contributed by atoms with Gasteiger partial charge in [0, 0.05) is 46.2 Å². The summed E-state index contributed by atoms with van der Waals surface area (Å²) in [7, 11) is 0. The Balaban J connectivity index is 0.00000364. The molecule has 1 amide bonds. The van der Waals surface area contributed by atoms with Gasteiger partial charge in [-0.15, -0.1) is 24.0 Å². The van der Waals surface area contributed by atoms with Crippen LogP contribution in [0.15, 0.2) is 29.3 Å². The van der Waals surface area contributed by atoms with E-state index in [-0.39, 0.29) is 29.9 Å². The largest absolute Gasteiger partial charge is 0.494 e. The summed E-state index contributed by atoms with van der Waals surface area (Å²) in [5.74, 6) is 2.03. The SMILES string of the molecule is CCNC(=NCCCCOc1ccc(C)cc1)N1CCN(C(C)=O)CC1.I. The van der Waals surface area contributed by atoms with Crippen molar-refractivity contribution in [1.82, 2.24) is 15.1 Å². The number of ether oxygens (including phenoxy) is 1. The van der Waals surface area contributed by atoms with E-state index < -0.39 is 0 Å². The molecule has 1 aromatic rings. The second-order valence-electron chi connectivity index (χ2n) is 6.60. The molecule has 0 bridgehead atoms. The number of aliphatic imine (C=N–C) groups is 1. The lowest BCUT2D eigenvalue weighted by atomic mass is 10.2. The first-order valence-corrected chi connectivity index (χ1v) is 9.58. The van der Waals surface area contributed by atoms with Crippen LogP contribution >= 0.6 is 24.0 Å². The molecule has 6 nitrogen and oxygen atoms in total. The van der Waals surface area contributed by atoms with Crippen LogP contribution in [0.5, 0.6) is 5.75 Å². The number of unbranched alkanes of at least 4 members (excludes halogenated alkanes) is 1. The van der Waals surface area contributed by atoms with Crippen molar-refractivity contribution < 1.29 is 9.53 Å². The standard InChI is InChI=1S/C20H32N4O2.HI/c1-4-21-20(24-14-12-23(13-15-24)18(3)25)22-11-5-6-16-26-19-9-7-17(2)8-10-19;/h7-10H,4-6,11-16H2,1-3H3,(H,21,22);1H. The van der Waals surface area contributed by atoms with E-state index >= 15 is 0 Å². The van der Waals surface area contributed by atoms with Crippen LogP contribution in [0.3, 0.4) is 0 Å². The van der Waals surface area contributed by atoms with Crippen molar-refractivity contribution in [2.75, 3.05) is 45.9 Å². The Morgan fingerprint density at radius 2 is 1.74 bits per heavy atom. The normalized spacial score (nSPS) is 14.6. The van der Waals surface area contributed by atoms with Crippen molar-refractivity contribution in [3.8, 4) is 5.75 Å². The van der Waals surface area contributed by atoms with Crippen molar-refractivity contribution in [3.63, 3.8) is 0 Å². The molecule has 1 aromatic carbocycles. The van der Waals surface area contributed by atoms with E-state index in [2.05, 4.69) is 36.2 Å². The summed E-state index contributed by atoms with van der Waals surface area (Å²) in [5, 5.41) is 3.36. The molecule has 152 valence electrons. The second kappa shape index (κ2) is 12.8. The zero-order valence-electron chi connectivity index (χ0n) is 16.7. The molecule has 7 heteroatoms. The first kappa shape index (κ1) is 23.5. The molecule has 0 aliphatic carbocycles. The number of amides is 1. The Labute approximate surface area is 180 Å². The summed E-state index contributed by atoms with van der Waals surface area (Å²) in [4.78, 5) is 20.3. The number of aryl methyl sites for hydroxylation is 1. The van der Waals surface area contributed by atoms with Gasteiger partial charge in [-0.2, -0.15) is 0 Å². The van der Waals surface area contributed by atoms with Gasteiger partial charge in [0.15, 0.2) is 5.96 Å². The van der Waals surface area contributed by atoms with Crippen molar-refractivity contribution in [3.05, 3.63) is 29.8 Å². The molecule has 0 unspecified atom stereocenters. The predicted molar refractivity (Wildman–Crippen MR) is 121 cm³/mol. The number of nitrogens with one attached hydrogen (secondary N) is 1. The molecular formula is C20H33IN4O2. The molecule has 2 rings (SSSR count). The fraction of sp³-hybridized carbons (Fsp3) is 0.600. The summed E-state index contributed by atoms with van der Waals surface area (Å²) in [6, 6.07) is 8.15. The molecule has 1 N–H and O–H groups in total. The monoisotopic (exact) mass is 488 g/mol. The minimum atomic E-state index is 0. The van der Waals surface area contributed by atoms with Crippen LogP contribution in [0.2, 0.25) is 0 Å². The van der Waals surface area contributed by atoms with Crippen molar-refractivity contribution in [1.29, 1.82) is 0 Å². The molecule has 0 saturated carbocycles. The third kappa shape index (κ3) is 8.36. The van der Waals surface area contributed by atoms with Crippen molar-refractivity contribution >= 4 is 35.8 Å². The molecule has 27 heavy (non-hydrogen) atoms. The highest BCUT2D eigenvalue weighted by Gasteiger charge is 2.20. The van der Waals surface area contributed by atoms with Gasteiger partial charge in [0.2, 0.25) is 5.91 Å². The first-order chi connectivity index (χ1) is 12.6. The smallest absolute Gasteiger partial charge is 0.219 e. The van der Waals surface area contributed by atoms with E-state index in [4.69, 9.17) is 9.73 Å². The quantitative estimate of drug-likeness (QED) is 0.278. The highest BCUT2D eigenvalue weighted by Crippen LogP contribution is 2.11. The van der Waals surface area contributed by atoms with Crippen molar-refractivity contribution in [2.24, 2.45) is 4.99 Å². The molecule has 1 aliphatic rings. The van der Waals surface area contributed by atoms with E-state index in [0.29, 0.717) is 6.61 Å². The maximum absolute atomic E-state index is 11.4. The van der Waals surface area contributed by atoms with Gasteiger partial charge in [0.1, 0.15) is 5.75 Å². The number of benzene rings is 1. The highest BCUT2D eigenvalue weighted by molar-refractivity contribution is 14.0. The lowest BCUT2D eigenvalue weighted by molar-refractivity contribution is -0.130. The van der Waals surface area contributed by atoms with Crippen LogP contribution in [-0.2, 0) is 4.79 Å². The van der Waals surface area contributed by atoms with Gasteiger partial charge in [-0.1, -0.05) is 17.7 Å². The summed E-state index contributed by atoms with van der Waals surface area (Å²) in [6.45, 7) is 11.3. The van der Waals surface area contributed by atoms with Crippen LogP contribution < -0.4 is 10.1 Å². The minimum absolute atomic E-state index is 0. The van der Waals surface area contributed by atoms with Gasteiger partial charge >= 0.3 is 0 Å². The average molecular weight is 488 g/mol. The van der Waals surface area contributed by atoms with Crippen LogP contribution in [0, 0.1) is 6.92 Å². The van der Waals surface area contributed by atoms with E-state index in [1.165, 1.54) is 5.56 Å². The number of hydrogen-bond donors (Lipinski definition) is 1. The number of guanidine groups is 1. The molecule has 0 radical (unpaired) electrons. The topological polar surface area (TPSA) is 57.2 Å². The number of halogens is 1. The molecular weight excluding hydrogens is 455 g/mol. The van der Waals surface area contributed by atoms with Crippen LogP contribution in [-0.4, -0.2) is 67.5 Å². The third-order valence-electron chi connectivity index (χ3n) is 4.46. The Kier molecular flexibility index (Phi) is 11.2. The number of nitrogens with zero attached hydrogens (tertiary/aromatic N) is 3. The zero-order chi connectivity index (χ0) is 18.8. The summed E-state index contributed by atoms with van der Waals surface area (Å²) in [5.41, 5.74) is 1.24. The molecule has 1 heterocycles. The second-order valence-corrected chi connectivity index (χ2v) is 6.60. The number of piperazine rings is 1. The lowest BCUT2D eigenvalue weighted by Crippen LogP contribution is -2.53. The maximum Gasteiger partial charge on any atom is 0.219 e. The van der Waals surface area contributed by atoms with E-state index in [9.17, 15) is 4.79 Å². The van der Waals surface area contributed by atoms with Crippen LogP contribution in [0.25, 0.3) is 0 Å². The van der Waals surface area contributed by atoms with Gasteiger partial charge in [0.25, 0.3) is 0 Å². The Hall–Kier alpha value is -1.51. The van der Waals surface area contributed by atoms with E-state index in [0.717, 1.165) is 63.8 Å². The van der Waals surface area contributed by atoms with Gasteiger partial charge in [-0.05, 0) is 38.8 Å². The third-order valence-corrected chi connectivity index (χ3v) is 4.46. The highest BCUT2D eigenvalue weighted by atomic mass is 127. The lowest BCUT2D eigenvalue weighted by Gasteiger charge is -2.36. The number of rotatable bonds is 7. The van der Waals surface area contributed by atoms with Gasteiger partial charge < -0.3 is 19.9 Å². The van der Waals surface area contributed by atoms with Crippen LogP contribution in [0.1, 0.15) is 32.3 Å². The van der Waals surface area contributed by atoms with E-state index in [1.807, 2.05) is 17.0 Å². The molecule has 1 aliphatic heterocycles. The summed E-state index contributed by atoms with van der Waals surface area (Å²) >= 11 is 0. The zero-order valence-corrected chi connectivity index (χ0v) is 19.1. The number of hydrogen-bond acceptors (Lipinski definition) is 3. The maximum atomic E-state index is 11.4. The van der Waals surface area contributed by atoms with Gasteiger partial charge in [-0.3, -0.25) is 9.79 Å². The van der Waals surface area contributed by atoms with Crippen molar-refractivity contribution in [2.45, 2.75) is 33.6 Å². The molecule has 0 spiro atoms. The fourth-order valence-corrected chi connectivity index (χ4v) is 2.88. The molecule has 1 saturated heterocycles. The molecule has 0 atom stereocenters. The van der Waals surface area contributed by atoms with E-state index in [1.54, 1.807) is 6.92 Å². The predicted octanol–water partition coefficient (Wildman–Crippen LogP) is 2.90. The Bertz CT molecular complexity index is 584. The average Bonchev–Trinajstić information content (AvgIpc) is 2.65.